The van der Waals surface area contributed by atoms with E-state index in [4.69, 9.17) is 18.9 Å². The molecule has 0 unspecified atom stereocenters. The van der Waals surface area contributed by atoms with E-state index in [1.54, 1.807) is 44.2 Å². The van der Waals surface area contributed by atoms with Crippen molar-refractivity contribution in [2.45, 2.75) is 89.9 Å². The normalized spacial score (nSPS) is 11.2. The zero-order valence-electron chi connectivity index (χ0n) is 28.4. The number of sulfone groups is 1. The summed E-state index contributed by atoms with van der Waals surface area (Å²) in [7, 11) is -3.48. The molecule has 0 atom stereocenters. The van der Waals surface area contributed by atoms with Gasteiger partial charge in [-0.1, -0.05) is 44.0 Å². The monoisotopic (exact) mass is 684 g/mol. The lowest BCUT2D eigenvalue weighted by molar-refractivity contribution is -0.144. The van der Waals surface area contributed by atoms with Crippen molar-refractivity contribution in [2.24, 2.45) is 0 Å². The second kappa shape index (κ2) is 20.4. The third kappa shape index (κ3) is 12.9. The lowest BCUT2D eigenvalue weighted by Gasteiger charge is -2.16. The van der Waals surface area contributed by atoms with Gasteiger partial charge in [-0.25, -0.2) is 12.8 Å². The van der Waals surface area contributed by atoms with E-state index in [0.717, 1.165) is 49.0 Å². The Morgan fingerprint density at radius 1 is 0.708 bits per heavy atom. The maximum absolute atomic E-state index is 13.5. The number of halogens is 1. The summed E-state index contributed by atoms with van der Waals surface area (Å²) in [6.45, 7) is 6.88. The highest BCUT2D eigenvalue weighted by molar-refractivity contribution is 7.91. The summed E-state index contributed by atoms with van der Waals surface area (Å²) in [5.41, 5.74) is 3.48. The average Bonchev–Trinajstić information content (AvgIpc) is 3.06. The van der Waals surface area contributed by atoms with Crippen molar-refractivity contribution in [3.8, 4) is 22.6 Å². The van der Waals surface area contributed by atoms with Crippen LogP contribution in [0.2, 0.25) is 0 Å². The summed E-state index contributed by atoms with van der Waals surface area (Å²) in [5, 5.41) is 0. The van der Waals surface area contributed by atoms with Gasteiger partial charge in [0.1, 0.15) is 17.3 Å². The molecule has 0 amide bonds. The molecule has 0 radical (unpaired) electrons. The van der Waals surface area contributed by atoms with Gasteiger partial charge in [-0.15, -0.1) is 0 Å². The molecule has 3 aromatic carbocycles. The molecule has 0 N–H and O–H groups in total. The predicted octanol–water partition coefficient (Wildman–Crippen LogP) is 8.08. The summed E-state index contributed by atoms with van der Waals surface area (Å²) in [6, 6.07) is 16.9. The zero-order valence-corrected chi connectivity index (χ0v) is 29.2. The molecule has 0 aromatic heterocycles. The summed E-state index contributed by atoms with van der Waals surface area (Å²) >= 11 is 0. The van der Waals surface area contributed by atoms with E-state index < -0.39 is 9.84 Å². The van der Waals surface area contributed by atoms with E-state index in [2.05, 4.69) is 6.07 Å². The van der Waals surface area contributed by atoms with Crippen LogP contribution in [0.5, 0.6) is 11.5 Å². The molecule has 3 rings (SSSR count). The Kier molecular flexibility index (Phi) is 16.4. The third-order valence-electron chi connectivity index (χ3n) is 7.70. The van der Waals surface area contributed by atoms with Crippen LogP contribution in [0.4, 0.5) is 4.39 Å². The molecular weight excluding hydrogens is 635 g/mol. The first-order valence-electron chi connectivity index (χ1n) is 17.0. The minimum Gasteiger partial charge on any atom is -0.494 e. The number of unbranched alkanes of at least 4 members (excludes halogenated alkanes) is 3. The second-order valence-electron chi connectivity index (χ2n) is 11.5. The summed E-state index contributed by atoms with van der Waals surface area (Å²) in [4.78, 5) is 24.0. The number of rotatable bonds is 22. The number of ether oxygens (including phenoxy) is 4. The average molecular weight is 685 g/mol. The first-order valence-corrected chi connectivity index (χ1v) is 18.6. The predicted molar refractivity (Wildman–Crippen MR) is 185 cm³/mol. The van der Waals surface area contributed by atoms with E-state index >= 15 is 0 Å². The van der Waals surface area contributed by atoms with Crippen molar-refractivity contribution in [1.82, 2.24) is 0 Å². The minimum atomic E-state index is -3.48. The van der Waals surface area contributed by atoms with Crippen molar-refractivity contribution >= 4 is 21.8 Å². The minimum absolute atomic E-state index is 0.0361. The summed E-state index contributed by atoms with van der Waals surface area (Å²) in [6.07, 6.45) is 6.49. The highest BCUT2D eigenvalue weighted by atomic mass is 32.2. The number of hydrogen-bond donors (Lipinski definition) is 0. The van der Waals surface area contributed by atoms with Gasteiger partial charge in [-0.2, -0.15) is 0 Å². The number of hydrogen-bond acceptors (Lipinski definition) is 8. The zero-order chi connectivity index (χ0) is 34.8. The number of carbonyl (C=O) groups is 2. The Bertz CT molecular complexity index is 1550. The van der Waals surface area contributed by atoms with Gasteiger partial charge in [-0.3, -0.25) is 9.59 Å². The molecule has 8 nitrogen and oxygen atoms in total. The molecule has 0 heterocycles. The number of aryl methyl sites for hydroxylation is 1. The fourth-order valence-corrected chi connectivity index (χ4v) is 6.72. The van der Waals surface area contributed by atoms with Gasteiger partial charge in [-0.05, 0) is 111 Å². The van der Waals surface area contributed by atoms with Gasteiger partial charge in [0.05, 0.1) is 37.1 Å². The van der Waals surface area contributed by atoms with Crippen LogP contribution < -0.4 is 9.47 Å². The van der Waals surface area contributed by atoms with E-state index in [1.165, 1.54) is 12.1 Å². The quantitative estimate of drug-likeness (QED) is 0.0773. The van der Waals surface area contributed by atoms with Gasteiger partial charge >= 0.3 is 11.9 Å². The SMILES string of the molecule is CCCS(=O)(=O)c1cc(OCCCCCCc2cccc(OCCCC(=O)OCC)c2CCC(=O)OCC)cc(-c2ccc(F)cc2)c1. The summed E-state index contributed by atoms with van der Waals surface area (Å²) in [5.74, 6) is 0.370. The van der Waals surface area contributed by atoms with Crippen LogP contribution in [0.15, 0.2) is 65.6 Å². The molecule has 262 valence electrons. The Morgan fingerprint density at radius 3 is 2.10 bits per heavy atom. The van der Waals surface area contributed by atoms with E-state index in [0.29, 0.717) is 62.6 Å². The number of esters is 2. The highest BCUT2D eigenvalue weighted by Crippen LogP contribution is 2.30. The lowest BCUT2D eigenvalue weighted by atomic mass is 9.96. The van der Waals surface area contributed by atoms with Crippen LogP contribution in [0.3, 0.4) is 0 Å². The van der Waals surface area contributed by atoms with Crippen LogP contribution in [0, 0.1) is 5.82 Å². The standard InChI is InChI=1S/C38H49FO8S/c1-4-25-48(42,43)34-27-31(29-17-19-32(39)20-18-29)26-33(28-34)46-23-10-8-7-9-13-30-14-11-15-36(35(30)21-22-38(41)45-6-3)47-24-12-16-37(40)44-5-2/h11,14-15,17-20,26-28H,4-10,12-13,16,21-25H2,1-3H3. The van der Waals surface area contributed by atoms with Gasteiger partial charge in [0.25, 0.3) is 0 Å². The van der Waals surface area contributed by atoms with E-state index in [9.17, 15) is 22.4 Å². The van der Waals surface area contributed by atoms with Gasteiger partial charge < -0.3 is 18.9 Å². The lowest BCUT2D eigenvalue weighted by Crippen LogP contribution is -2.10. The van der Waals surface area contributed by atoms with Crippen LogP contribution in [0.1, 0.15) is 83.3 Å². The molecule has 0 bridgehead atoms. The van der Waals surface area contributed by atoms with Gasteiger partial charge in [0.2, 0.25) is 0 Å². The molecule has 10 heteroatoms. The topological polar surface area (TPSA) is 105 Å². The van der Waals surface area contributed by atoms with E-state index in [-0.39, 0.29) is 41.2 Å². The first-order chi connectivity index (χ1) is 23.2. The van der Waals surface area contributed by atoms with Crippen molar-refractivity contribution in [3.05, 3.63) is 77.6 Å². The van der Waals surface area contributed by atoms with Crippen molar-refractivity contribution < 1.29 is 41.3 Å². The highest BCUT2D eigenvalue weighted by Gasteiger charge is 2.17. The number of benzene rings is 3. The maximum Gasteiger partial charge on any atom is 0.306 e. The van der Waals surface area contributed by atoms with Crippen molar-refractivity contribution in [1.29, 1.82) is 0 Å². The fourth-order valence-electron chi connectivity index (χ4n) is 5.35. The van der Waals surface area contributed by atoms with Gasteiger partial charge in [0, 0.05) is 12.8 Å². The van der Waals surface area contributed by atoms with Crippen LogP contribution >= 0.6 is 0 Å². The molecule has 48 heavy (non-hydrogen) atoms. The molecule has 0 aliphatic carbocycles. The van der Waals surface area contributed by atoms with Gasteiger partial charge in [0.15, 0.2) is 9.84 Å². The summed E-state index contributed by atoms with van der Waals surface area (Å²) < 4.78 is 61.5. The van der Waals surface area contributed by atoms with Crippen LogP contribution in [-0.4, -0.2) is 52.5 Å². The molecular formula is C38H49FO8S. The van der Waals surface area contributed by atoms with Crippen molar-refractivity contribution in [3.63, 3.8) is 0 Å². The Labute approximate surface area is 284 Å². The third-order valence-corrected chi connectivity index (χ3v) is 9.60. The Hall–Kier alpha value is -3.92. The molecule has 0 saturated carbocycles. The first kappa shape index (κ1) is 38.5. The molecule has 0 saturated heterocycles. The Morgan fingerprint density at radius 2 is 1.40 bits per heavy atom. The molecule has 0 aliphatic rings. The fraction of sp³-hybridized carbons (Fsp3) is 0.474. The molecule has 0 fully saturated rings. The smallest absolute Gasteiger partial charge is 0.306 e. The van der Waals surface area contributed by atoms with E-state index in [1.807, 2.05) is 19.1 Å². The molecule has 0 aliphatic heterocycles. The van der Waals surface area contributed by atoms with Crippen molar-refractivity contribution in [2.75, 3.05) is 32.2 Å². The van der Waals surface area contributed by atoms with Crippen LogP contribution in [-0.2, 0) is 41.7 Å². The van der Waals surface area contributed by atoms with Crippen LogP contribution in [0.25, 0.3) is 11.1 Å². The second-order valence-corrected chi connectivity index (χ2v) is 13.6. The Balaban J connectivity index is 1.57. The number of carbonyl (C=O) groups excluding carboxylic acids is 2. The largest absolute Gasteiger partial charge is 0.494 e. The molecule has 3 aromatic rings. The molecule has 0 spiro atoms. The maximum atomic E-state index is 13.5.